The molecule has 0 aromatic carbocycles. The molecule has 1 fully saturated rings. The van der Waals surface area contributed by atoms with E-state index in [9.17, 15) is 9.59 Å². The molecular weight excluding hydrogens is 362 g/mol. The number of nitrogens with zero attached hydrogens (tertiary/aromatic N) is 5. The van der Waals surface area contributed by atoms with Crippen molar-refractivity contribution in [2.75, 3.05) is 18.8 Å². The van der Waals surface area contributed by atoms with Crippen molar-refractivity contribution in [3.8, 4) is 0 Å². The summed E-state index contributed by atoms with van der Waals surface area (Å²) in [6.45, 7) is 1.17. The van der Waals surface area contributed by atoms with Gasteiger partial charge in [-0.1, -0.05) is 11.6 Å². The first-order valence-corrected chi connectivity index (χ1v) is 8.81. The molecule has 138 valence electrons. The molecule has 4 rings (SSSR count). The highest BCUT2D eigenvalue weighted by molar-refractivity contribution is 6.33. The molecule has 0 atom stereocenters. The lowest BCUT2D eigenvalue weighted by molar-refractivity contribution is 0.0527. The number of ether oxygens (including phenoxy) is 1. The molecule has 3 heterocycles. The first-order chi connectivity index (χ1) is 12.5. The van der Waals surface area contributed by atoms with E-state index in [0.717, 1.165) is 0 Å². The number of H-pyrrole nitrogens is 1. The van der Waals surface area contributed by atoms with Gasteiger partial charge in [0.05, 0.1) is 12.9 Å². The number of nitrogens with one attached hydrogen (secondary N) is 1. The van der Waals surface area contributed by atoms with Crippen LogP contribution < -0.4 is 11.4 Å². The molecule has 0 bridgehead atoms. The maximum Gasteiger partial charge on any atom is 0.415 e. The zero-order valence-corrected chi connectivity index (χ0v) is 14.6. The van der Waals surface area contributed by atoms with E-state index in [1.165, 1.54) is 11.2 Å². The van der Waals surface area contributed by atoms with Gasteiger partial charge in [0, 0.05) is 12.6 Å². The van der Waals surface area contributed by atoms with Crippen molar-refractivity contribution in [3.05, 3.63) is 15.6 Å². The van der Waals surface area contributed by atoms with E-state index >= 15 is 0 Å². The van der Waals surface area contributed by atoms with Gasteiger partial charge in [-0.25, -0.2) is 9.59 Å². The molecule has 1 aliphatic heterocycles. The molecular formula is C15H18ClN7O3. The molecule has 2 aliphatic rings. The van der Waals surface area contributed by atoms with E-state index < -0.39 is 0 Å². The molecule has 11 heteroatoms. The van der Waals surface area contributed by atoms with Crippen molar-refractivity contribution >= 4 is 41.1 Å². The van der Waals surface area contributed by atoms with Crippen molar-refractivity contribution in [2.24, 2.45) is 4.99 Å². The van der Waals surface area contributed by atoms with Gasteiger partial charge < -0.3 is 15.5 Å². The molecule has 0 spiro atoms. The summed E-state index contributed by atoms with van der Waals surface area (Å²) in [4.78, 5) is 40.6. The van der Waals surface area contributed by atoms with E-state index in [2.05, 4.69) is 19.9 Å². The standard InChI is InChI=1S/C15H18ClN7O3/c16-11-10-12(21-13(17)20-11)23(14(24)19-10)8-1-3-9(4-2-8)26-15(25)22-6-5-18-7-22/h7-9H,1-6H2,(H,19,24)(H2,17,20,21). The average molecular weight is 380 g/mol. The van der Waals surface area contributed by atoms with Crippen LogP contribution in [0.25, 0.3) is 11.2 Å². The number of imidazole rings is 1. The number of rotatable bonds is 2. The topological polar surface area (TPSA) is 131 Å². The fourth-order valence-electron chi connectivity index (χ4n) is 3.47. The number of fused-ring (bicyclic) bond motifs is 1. The van der Waals surface area contributed by atoms with Crippen LogP contribution in [0.2, 0.25) is 5.15 Å². The van der Waals surface area contributed by atoms with Crippen molar-refractivity contribution in [2.45, 2.75) is 37.8 Å². The van der Waals surface area contributed by atoms with Crippen LogP contribution in [0.4, 0.5) is 10.7 Å². The second-order valence-electron chi connectivity index (χ2n) is 6.40. The molecule has 1 aliphatic carbocycles. The minimum atomic E-state index is -0.369. The van der Waals surface area contributed by atoms with Gasteiger partial charge in [0.2, 0.25) is 5.95 Å². The van der Waals surface area contributed by atoms with Crippen molar-refractivity contribution in [3.63, 3.8) is 0 Å². The molecule has 0 saturated heterocycles. The molecule has 10 nitrogen and oxygen atoms in total. The third kappa shape index (κ3) is 3.00. The van der Waals surface area contributed by atoms with Crippen molar-refractivity contribution < 1.29 is 9.53 Å². The number of anilines is 1. The summed E-state index contributed by atoms with van der Waals surface area (Å²) in [5.74, 6) is 0.0187. The number of nitrogen functional groups attached to an aromatic ring is 1. The highest BCUT2D eigenvalue weighted by Crippen LogP contribution is 2.32. The fourth-order valence-corrected chi connectivity index (χ4v) is 3.69. The summed E-state index contributed by atoms with van der Waals surface area (Å²) in [6.07, 6.45) is 3.65. The summed E-state index contributed by atoms with van der Waals surface area (Å²) in [6, 6.07) is -0.0649. The van der Waals surface area contributed by atoms with E-state index in [1.54, 1.807) is 4.57 Å². The quantitative estimate of drug-likeness (QED) is 0.756. The first-order valence-electron chi connectivity index (χ1n) is 8.43. The van der Waals surface area contributed by atoms with Gasteiger partial charge in [-0.05, 0) is 25.7 Å². The number of aliphatic imine (C=N–C) groups is 1. The summed E-state index contributed by atoms with van der Waals surface area (Å²) < 4.78 is 7.10. The lowest BCUT2D eigenvalue weighted by Crippen LogP contribution is -2.35. The van der Waals surface area contributed by atoms with Gasteiger partial charge in [-0.3, -0.25) is 14.5 Å². The molecule has 0 radical (unpaired) electrons. The number of hydrogen-bond donors (Lipinski definition) is 2. The Labute approximate surface area is 153 Å². The SMILES string of the molecule is Nc1nc(Cl)c2[nH]c(=O)n(C3CCC(OC(=O)N4C=NCC4)CC3)c2n1. The van der Waals surface area contributed by atoms with Crippen LogP contribution in [-0.2, 0) is 4.74 Å². The average Bonchev–Trinajstić information content (AvgIpc) is 3.24. The Kier molecular flexibility index (Phi) is 4.27. The molecule has 0 unspecified atom stereocenters. The Morgan fingerprint density at radius 3 is 2.77 bits per heavy atom. The number of carbonyl (C=O) groups is 1. The van der Waals surface area contributed by atoms with Crippen LogP contribution in [0, 0.1) is 0 Å². The third-order valence-corrected chi connectivity index (χ3v) is 5.02. The molecule has 2 aromatic rings. The molecule has 3 N–H and O–H groups in total. The predicted molar refractivity (Wildman–Crippen MR) is 95.4 cm³/mol. The molecule has 26 heavy (non-hydrogen) atoms. The number of nitrogens with two attached hydrogens (primary N) is 1. The number of hydrogen-bond acceptors (Lipinski definition) is 7. The molecule has 2 aromatic heterocycles. The van der Waals surface area contributed by atoms with E-state index in [4.69, 9.17) is 22.1 Å². The van der Waals surface area contributed by atoms with Crippen LogP contribution in [0.1, 0.15) is 31.7 Å². The summed E-state index contributed by atoms with van der Waals surface area (Å²) >= 11 is 6.04. The smallest absolute Gasteiger partial charge is 0.415 e. The highest BCUT2D eigenvalue weighted by Gasteiger charge is 2.29. The summed E-state index contributed by atoms with van der Waals surface area (Å²) in [7, 11) is 0. The second kappa shape index (κ2) is 6.60. The Morgan fingerprint density at radius 1 is 1.31 bits per heavy atom. The van der Waals surface area contributed by atoms with Gasteiger partial charge in [-0.2, -0.15) is 9.97 Å². The normalized spacial score (nSPS) is 22.9. The predicted octanol–water partition coefficient (Wildman–Crippen LogP) is 1.32. The van der Waals surface area contributed by atoms with Crippen LogP contribution in [0.5, 0.6) is 0 Å². The molecule has 1 amide bonds. The maximum absolute atomic E-state index is 12.4. The number of amides is 1. The maximum atomic E-state index is 12.4. The fraction of sp³-hybridized carbons (Fsp3) is 0.533. The summed E-state index contributed by atoms with van der Waals surface area (Å²) in [5, 5.41) is 0.123. The van der Waals surface area contributed by atoms with Crippen LogP contribution in [-0.4, -0.2) is 56.0 Å². The highest BCUT2D eigenvalue weighted by atomic mass is 35.5. The van der Waals surface area contributed by atoms with E-state index in [0.29, 0.717) is 49.9 Å². The van der Waals surface area contributed by atoms with Crippen LogP contribution in [0.15, 0.2) is 9.79 Å². The number of carbonyl (C=O) groups excluding carboxylic acids is 1. The number of aromatic amines is 1. The van der Waals surface area contributed by atoms with Crippen molar-refractivity contribution in [1.82, 2.24) is 24.4 Å². The second-order valence-corrected chi connectivity index (χ2v) is 6.76. The Bertz CT molecular complexity index is 929. The van der Waals surface area contributed by atoms with Gasteiger partial charge in [0.1, 0.15) is 11.6 Å². The zero-order chi connectivity index (χ0) is 18.3. The number of halogens is 1. The Balaban J connectivity index is 1.47. The number of aromatic nitrogens is 4. The van der Waals surface area contributed by atoms with Gasteiger partial charge in [-0.15, -0.1) is 0 Å². The van der Waals surface area contributed by atoms with Gasteiger partial charge in [0.25, 0.3) is 0 Å². The molecule has 1 saturated carbocycles. The lowest BCUT2D eigenvalue weighted by atomic mass is 9.93. The largest absolute Gasteiger partial charge is 0.446 e. The summed E-state index contributed by atoms with van der Waals surface area (Å²) in [5.41, 5.74) is 6.15. The third-order valence-electron chi connectivity index (χ3n) is 4.74. The van der Waals surface area contributed by atoms with Crippen LogP contribution in [0.3, 0.4) is 0 Å². The van der Waals surface area contributed by atoms with Crippen molar-refractivity contribution in [1.29, 1.82) is 0 Å². The lowest BCUT2D eigenvalue weighted by Gasteiger charge is -2.29. The van der Waals surface area contributed by atoms with E-state index in [1.807, 2.05) is 0 Å². The minimum absolute atomic E-state index is 0.0187. The first kappa shape index (κ1) is 16.8. The monoisotopic (exact) mass is 379 g/mol. The Hall–Kier alpha value is -2.62. The zero-order valence-electron chi connectivity index (χ0n) is 13.9. The minimum Gasteiger partial charge on any atom is -0.446 e. The van der Waals surface area contributed by atoms with E-state index in [-0.39, 0.29) is 35.0 Å². The van der Waals surface area contributed by atoms with Crippen LogP contribution >= 0.6 is 11.6 Å². The van der Waals surface area contributed by atoms with Gasteiger partial charge >= 0.3 is 11.8 Å². The Morgan fingerprint density at radius 2 is 2.08 bits per heavy atom. The van der Waals surface area contributed by atoms with Gasteiger partial charge in [0.15, 0.2) is 10.8 Å².